The monoisotopic (exact) mass is 264 g/mol. The fourth-order valence-corrected chi connectivity index (χ4v) is 2.67. The first-order valence-corrected chi connectivity index (χ1v) is 7.09. The van der Waals surface area contributed by atoms with Crippen LogP contribution < -0.4 is 5.32 Å². The van der Waals surface area contributed by atoms with Crippen LogP contribution in [-0.2, 0) is 11.8 Å². The van der Waals surface area contributed by atoms with E-state index in [1.54, 1.807) is 0 Å². The normalized spacial score (nSPS) is 16.9. The first-order valence-electron chi connectivity index (χ1n) is 7.09. The van der Waals surface area contributed by atoms with Crippen LogP contribution in [0.4, 0.5) is 0 Å². The molecule has 0 saturated carbocycles. The van der Waals surface area contributed by atoms with E-state index in [4.69, 9.17) is 0 Å². The van der Waals surface area contributed by atoms with Crippen molar-refractivity contribution in [3.63, 3.8) is 0 Å². The van der Waals surface area contributed by atoms with E-state index in [0.717, 1.165) is 38.2 Å². The van der Waals surface area contributed by atoms with Crippen molar-refractivity contribution in [1.29, 1.82) is 0 Å². The second kappa shape index (κ2) is 6.19. The van der Waals surface area contributed by atoms with Gasteiger partial charge >= 0.3 is 0 Å². The van der Waals surface area contributed by atoms with E-state index in [2.05, 4.69) is 17.3 Å². The minimum atomic E-state index is 0.236. The van der Waals surface area contributed by atoms with Gasteiger partial charge in [0.05, 0.1) is 5.69 Å². The quantitative estimate of drug-likeness (QED) is 0.874. The Balaban J connectivity index is 1.76. The summed E-state index contributed by atoms with van der Waals surface area (Å²) in [5.41, 5.74) is 2.25. The molecule has 1 amide bonds. The standard InChI is InChI=1S/C14H24N4O/c1-11(13-10-17(3)16-12(13)2)15-7-6-14(19)18-8-4-5-9-18/h10-11,15H,4-9H2,1-3H3. The van der Waals surface area contributed by atoms with Gasteiger partial charge in [-0.15, -0.1) is 0 Å². The lowest BCUT2D eigenvalue weighted by atomic mass is 10.1. The van der Waals surface area contributed by atoms with Gasteiger partial charge in [-0.25, -0.2) is 0 Å². The first-order chi connectivity index (χ1) is 9.08. The molecule has 1 aliphatic rings. The molecule has 1 atom stereocenters. The summed E-state index contributed by atoms with van der Waals surface area (Å²) in [5, 5.41) is 7.75. The maximum atomic E-state index is 11.9. The Morgan fingerprint density at radius 2 is 2.16 bits per heavy atom. The van der Waals surface area contributed by atoms with Gasteiger partial charge in [-0.05, 0) is 26.7 Å². The summed E-state index contributed by atoms with van der Waals surface area (Å²) in [6, 6.07) is 0.236. The van der Waals surface area contributed by atoms with Gasteiger partial charge in [0.1, 0.15) is 0 Å². The van der Waals surface area contributed by atoms with Crippen molar-refractivity contribution < 1.29 is 4.79 Å². The van der Waals surface area contributed by atoms with Gasteiger partial charge in [0.25, 0.3) is 0 Å². The van der Waals surface area contributed by atoms with Crippen molar-refractivity contribution >= 4 is 5.91 Å². The fourth-order valence-electron chi connectivity index (χ4n) is 2.67. The molecule has 5 nitrogen and oxygen atoms in total. The van der Waals surface area contributed by atoms with E-state index in [1.807, 2.05) is 29.7 Å². The van der Waals surface area contributed by atoms with Crippen LogP contribution in [0, 0.1) is 6.92 Å². The second-order valence-corrected chi connectivity index (χ2v) is 5.36. The van der Waals surface area contributed by atoms with Crippen LogP contribution in [0.2, 0.25) is 0 Å². The average molecular weight is 264 g/mol. The Bertz CT molecular complexity index is 435. The van der Waals surface area contributed by atoms with Gasteiger partial charge in [0.2, 0.25) is 5.91 Å². The Morgan fingerprint density at radius 3 is 2.74 bits per heavy atom. The predicted molar refractivity (Wildman–Crippen MR) is 74.8 cm³/mol. The van der Waals surface area contributed by atoms with Crippen LogP contribution in [0.3, 0.4) is 0 Å². The fraction of sp³-hybridized carbons (Fsp3) is 0.714. The van der Waals surface area contributed by atoms with E-state index in [-0.39, 0.29) is 11.9 Å². The molecular weight excluding hydrogens is 240 g/mol. The SMILES string of the molecule is Cc1nn(C)cc1C(C)NCCC(=O)N1CCCC1. The highest BCUT2D eigenvalue weighted by atomic mass is 16.2. The molecule has 1 unspecified atom stereocenters. The lowest BCUT2D eigenvalue weighted by molar-refractivity contribution is -0.130. The Labute approximate surface area is 115 Å². The zero-order valence-electron chi connectivity index (χ0n) is 12.1. The molecule has 106 valence electrons. The smallest absolute Gasteiger partial charge is 0.223 e. The molecule has 1 aromatic rings. The Morgan fingerprint density at radius 1 is 1.47 bits per heavy atom. The van der Waals surface area contributed by atoms with Crippen LogP contribution in [-0.4, -0.2) is 40.2 Å². The molecule has 0 spiro atoms. The lowest BCUT2D eigenvalue weighted by Crippen LogP contribution is -2.31. The average Bonchev–Trinajstić information content (AvgIpc) is 2.98. The van der Waals surface area contributed by atoms with E-state index in [0.29, 0.717) is 6.42 Å². The third-order valence-corrected chi connectivity index (χ3v) is 3.77. The number of carbonyl (C=O) groups excluding carboxylic acids is 1. The number of hydrogen-bond acceptors (Lipinski definition) is 3. The molecule has 1 aromatic heterocycles. The van der Waals surface area contributed by atoms with Gasteiger partial charge in [-0.1, -0.05) is 0 Å². The third-order valence-electron chi connectivity index (χ3n) is 3.77. The molecular formula is C14H24N4O. The first kappa shape index (κ1) is 14.1. The number of likely N-dealkylation sites (tertiary alicyclic amines) is 1. The van der Waals surface area contributed by atoms with E-state index >= 15 is 0 Å². The number of nitrogens with one attached hydrogen (secondary N) is 1. The van der Waals surface area contributed by atoms with Crippen molar-refractivity contribution in [2.75, 3.05) is 19.6 Å². The highest BCUT2D eigenvalue weighted by Crippen LogP contribution is 2.15. The summed E-state index contributed by atoms with van der Waals surface area (Å²) in [6.45, 7) is 6.74. The van der Waals surface area contributed by atoms with Crippen molar-refractivity contribution in [3.8, 4) is 0 Å². The summed E-state index contributed by atoms with van der Waals surface area (Å²) >= 11 is 0. The maximum absolute atomic E-state index is 11.9. The van der Waals surface area contributed by atoms with Crippen molar-refractivity contribution in [2.45, 2.75) is 39.2 Å². The number of aryl methyl sites for hydroxylation is 2. The third kappa shape index (κ3) is 3.56. The summed E-state index contributed by atoms with van der Waals surface area (Å²) in [7, 11) is 1.93. The largest absolute Gasteiger partial charge is 0.343 e. The summed E-state index contributed by atoms with van der Waals surface area (Å²) in [5.74, 6) is 0.278. The van der Waals surface area contributed by atoms with Crippen LogP contribution in [0.15, 0.2) is 6.20 Å². The van der Waals surface area contributed by atoms with Gasteiger partial charge in [-0.2, -0.15) is 5.10 Å². The van der Waals surface area contributed by atoms with Gasteiger partial charge < -0.3 is 10.2 Å². The molecule has 1 fully saturated rings. The van der Waals surface area contributed by atoms with E-state index < -0.39 is 0 Å². The highest BCUT2D eigenvalue weighted by molar-refractivity contribution is 5.76. The number of aromatic nitrogens is 2. The molecule has 1 saturated heterocycles. The highest BCUT2D eigenvalue weighted by Gasteiger charge is 2.18. The van der Waals surface area contributed by atoms with Crippen LogP contribution in [0.1, 0.15) is 43.5 Å². The zero-order valence-corrected chi connectivity index (χ0v) is 12.1. The molecule has 2 heterocycles. The van der Waals surface area contributed by atoms with Gasteiger partial charge in [0.15, 0.2) is 0 Å². The van der Waals surface area contributed by atoms with Crippen molar-refractivity contribution in [3.05, 3.63) is 17.5 Å². The van der Waals surface area contributed by atoms with Crippen LogP contribution in [0.25, 0.3) is 0 Å². The maximum Gasteiger partial charge on any atom is 0.223 e. The number of hydrogen-bond donors (Lipinski definition) is 1. The minimum Gasteiger partial charge on any atom is -0.343 e. The molecule has 19 heavy (non-hydrogen) atoms. The minimum absolute atomic E-state index is 0.236. The Hall–Kier alpha value is -1.36. The summed E-state index contributed by atoms with van der Waals surface area (Å²) in [6.07, 6.45) is 4.94. The van der Waals surface area contributed by atoms with Gasteiger partial charge in [-0.3, -0.25) is 9.48 Å². The topological polar surface area (TPSA) is 50.2 Å². The Kier molecular flexibility index (Phi) is 4.58. The van der Waals surface area contributed by atoms with Crippen molar-refractivity contribution in [2.24, 2.45) is 7.05 Å². The van der Waals surface area contributed by atoms with Gasteiger partial charge in [0, 0.05) is 50.9 Å². The second-order valence-electron chi connectivity index (χ2n) is 5.36. The summed E-state index contributed by atoms with van der Waals surface area (Å²) < 4.78 is 1.83. The zero-order chi connectivity index (χ0) is 13.8. The number of carbonyl (C=O) groups is 1. The number of nitrogens with zero attached hydrogens (tertiary/aromatic N) is 3. The molecule has 1 N–H and O–H groups in total. The number of amides is 1. The molecule has 0 aliphatic carbocycles. The molecule has 2 rings (SSSR count). The summed E-state index contributed by atoms with van der Waals surface area (Å²) in [4.78, 5) is 13.9. The molecule has 1 aliphatic heterocycles. The molecule has 0 bridgehead atoms. The number of rotatable bonds is 5. The van der Waals surface area contributed by atoms with E-state index in [9.17, 15) is 4.79 Å². The van der Waals surface area contributed by atoms with E-state index in [1.165, 1.54) is 5.56 Å². The molecule has 0 aromatic carbocycles. The van der Waals surface area contributed by atoms with Crippen LogP contribution in [0.5, 0.6) is 0 Å². The molecule has 0 radical (unpaired) electrons. The predicted octanol–water partition coefficient (Wildman–Crippen LogP) is 1.39. The lowest BCUT2D eigenvalue weighted by Gasteiger charge is -2.17. The molecule has 5 heteroatoms. The van der Waals surface area contributed by atoms with Crippen LogP contribution >= 0.6 is 0 Å². The van der Waals surface area contributed by atoms with Crippen molar-refractivity contribution in [1.82, 2.24) is 20.0 Å².